The molecule has 2 heterocycles. The second-order valence-electron chi connectivity index (χ2n) is 4.10. The summed E-state index contributed by atoms with van der Waals surface area (Å²) in [5.74, 6) is 0. The van der Waals surface area contributed by atoms with Gasteiger partial charge < -0.3 is 5.32 Å². The van der Waals surface area contributed by atoms with Gasteiger partial charge in [-0.1, -0.05) is 6.07 Å². The number of hydrogen-bond acceptors (Lipinski definition) is 5. The Morgan fingerprint density at radius 3 is 3.00 bits per heavy atom. The van der Waals surface area contributed by atoms with Crippen molar-refractivity contribution >= 4 is 38.6 Å². The second kappa shape index (κ2) is 6.12. The first-order valence-electron chi connectivity index (χ1n) is 5.64. The molecular weight excluding hydrogens is 330 g/mol. The first-order valence-corrected chi connectivity index (χ1v) is 7.32. The van der Waals surface area contributed by atoms with Crippen LogP contribution in [0.5, 0.6) is 0 Å². The quantitative estimate of drug-likeness (QED) is 0.662. The van der Waals surface area contributed by atoms with Crippen molar-refractivity contribution in [2.24, 2.45) is 0 Å². The largest absolute Gasteiger partial charge is 0.376 e. The molecule has 0 fully saturated rings. The molecule has 2 aromatic rings. The van der Waals surface area contributed by atoms with Crippen LogP contribution in [0, 0.1) is 10.1 Å². The molecule has 0 radical (unpaired) electrons. The molecule has 2 rings (SSSR count). The van der Waals surface area contributed by atoms with Gasteiger partial charge in [0.1, 0.15) is 11.9 Å². The van der Waals surface area contributed by atoms with Crippen LogP contribution < -0.4 is 5.32 Å². The average molecular weight is 342 g/mol. The summed E-state index contributed by atoms with van der Waals surface area (Å²) in [6.07, 6.45) is 3.63. The van der Waals surface area contributed by atoms with Gasteiger partial charge in [0.15, 0.2) is 0 Å². The maximum Gasteiger partial charge on any atom is 0.311 e. The highest BCUT2D eigenvalue weighted by atomic mass is 79.9. The lowest BCUT2D eigenvalue weighted by atomic mass is 10.2. The van der Waals surface area contributed by atoms with Crippen molar-refractivity contribution in [1.29, 1.82) is 0 Å². The second-order valence-corrected chi connectivity index (χ2v) is 5.99. The fourth-order valence-corrected chi connectivity index (χ4v) is 3.01. The molecule has 0 aliphatic heterocycles. The fraction of sp³-hybridized carbons (Fsp3) is 0.250. The number of thiophene rings is 1. The van der Waals surface area contributed by atoms with Crippen LogP contribution in [0.15, 0.2) is 34.4 Å². The summed E-state index contributed by atoms with van der Waals surface area (Å²) >= 11 is 4.97. The van der Waals surface area contributed by atoms with E-state index in [9.17, 15) is 10.1 Å². The van der Waals surface area contributed by atoms with E-state index in [0.29, 0.717) is 10.2 Å². The minimum absolute atomic E-state index is 0.0209. The minimum Gasteiger partial charge on any atom is -0.376 e. The van der Waals surface area contributed by atoms with Gasteiger partial charge in [-0.05, 0) is 34.3 Å². The SMILES string of the molecule is CC(Cc1cccs1)Nc1c(Br)cncc1[N+](=O)[O-]. The third kappa shape index (κ3) is 3.51. The zero-order valence-corrected chi connectivity index (χ0v) is 12.6. The van der Waals surface area contributed by atoms with Crippen molar-refractivity contribution in [2.45, 2.75) is 19.4 Å². The number of anilines is 1. The Morgan fingerprint density at radius 1 is 1.58 bits per heavy atom. The van der Waals surface area contributed by atoms with E-state index in [1.54, 1.807) is 17.5 Å². The molecule has 2 aromatic heterocycles. The third-order valence-electron chi connectivity index (χ3n) is 2.55. The highest BCUT2D eigenvalue weighted by molar-refractivity contribution is 9.10. The van der Waals surface area contributed by atoms with Crippen LogP contribution in [0.25, 0.3) is 0 Å². The van der Waals surface area contributed by atoms with E-state index in [4.69, 9.17) is 0 Å². The highest BCUT2D eigenvalue weighted by Gasteiger charge is 2.19. The van der Waals surface area contributed by atoms with E-state index in [-0.39, 0.29) is 11.7 Å². The maximum atomic E-state index is 11.0. The van der Waals surface area contributed by atoms with Gasteiger partial charge in [-0.15, -0.1) is 11.3 Å². The third-order valence-corrected chi connectivity index (χ3v) is 4.05. The van der Waals surface area contributed by atoms with Crippen molar-refractivity contribution in [3.05, 3.63) is 49.4 Å². The molecule has 0 aromatic carbocycles. The summed E-state index contributed by atoms with van der Waals surface area (Å²) in [7, 11) is 0. The maximum absolute atomic E-state index is 11.0. The van der Waals surface area contributed by atoms with Gasteiger partial charge in [0.25, 0.3) is 0 Å². The lowest BCUT2D eigenvalue weighted by Crippen LogP contribution is -2.18. The molecule has 0 aliphatic carbocycles. The summed E-state index contributed by atoms with van der Waals surface area (Å²) in [4.78, 5) is 15.6. The van der Waals surface area contributed by atoms with Gasteiger partial charge in [-0.3, -0.25) is 15.1 Å². The van der Waals surface area contributed by atoms with Crippen molar-refractivity contribution < 1.29 is 4.92 Å². The number of halogens is 1. The molecule has 1 unspecified atom stereocenters. The number of nitrogens with zero attached hydrogens (tertiary/aromatic N) is 2. The van der Waals surface area contributed by atoms with Crippen LogP contribution in [0.3, 0.4) is 0 Å². The fourth-order valence-electron chi connectivity index (χ4n) is 1.73. The molecule has 0 bridgehead atoms. The van der Waals surface area contributed by atoms with E-state index in [1.165, 1.54) is 11.1 Å². The molecule has 1 atom stereocenters. The summed E-state index contributed by atoms with van der Waals surface area (Å²) in [5, 5.41) is 16.2. The van der Waals surface area contributed by atoms with E-state index in [2.05, 4.69) is 32.3 Å². The lowest BCUT2D eigenvalue weighted by Gasteiger charge is -2.15. The molecule has 0 amide bonds. The Hall–Kier alpha value is -1.47. The number of aromatic nitrogens is 1. The summed E-state index contributed by atoms with van der Waals surface area (Å²) in [6.45, 7) is 2.00. The molecule has 5 nitrogen and oxygen atoms in total. The van der Waals surface area contributed by atoms with Gasteiger partial charge in [-0.2, -0.15) is 0 Å². The van der Waals surface area contributed by atoms with Crippen LogP contribution in [-0.4, -0.2) is 15.9 Å². The number of rotatable bonds is 5. The summed E-state index contributed by atoms with van der Waals surface area (Å²) in [6, 6.07) is 4.15. The first-order chi connectivity index (χ1) is 9.08. The molecule has 0 saturated heterocycles. The first kappa shape index (κ1) is 14.0. The van der Waals surface area contributed by atoms with Gasteiger partial charge in [-0.25, -0.2) is 0 Å². The number of pyridine rings is 1. The number of hydrogen-bond donors (Lipinski definition) is 1. The Morgan fingerprint density at radius 2 is 2.37 bits per heavy atom. The highest BCUT2D eigenvalue weighted by Crippen LogP contribution is 2.31. The average Bonchev–Trinajstić information content (AvgIpc) is 2.84. The Kier molecular flexibility index (Phi) is 4.49. The minimum atomic E-state index is -0.433. The molecule has 1 N–H and O–H groups in total. The number of nitro groups is 1. The zero-order chi connectivity index (χ0) is 13.8. The van der Waals surface area contributed by atoms with Gasteiger partial charge in [0.2, 0.25) is 0 Å². The standard InChI is InChI=1S/C12H12BrN3O2S/c1-8(5-9-3-2-4-19-9)15-12-10(13)6-14-7-11(12)16(17)18/h2-4,6-8H,5H2,1H3,(H,14,15). The molecular formula is C12H12BrN3O2S. The van der Waals surface area contributed by atoms with Crippen molar-refractivity contribution in [1.82, 2.24) is 4.98 Å². The molecule has 0 spiro atoms. The van der Waals surface area contributed by atoms with Crippen LogP contribution in [-0.2, 0) is 6.42 Å². The topological polar surface area (TPSA) is 68.1 Å². The molecule has 19 heavy (non-hydrogen) atoms. The van der Waals surface area contributed by atoms with Crippen molar-refractivity contribution in [3.8, 4) is 0 Å². The van der Waals surface area contributed by atoms with Crippen molar-refractivity contribution in [3.63, 3.8) is 0 Å². The van der Waals surface area contributed by atoms with Gasteiger partial charge in [0, 0.05) is 23.5 Å². The zero-order valence-electron chi connectivity index (χ0n) is 10.2. The molecule has 0 saturated carbocycles. The van der Waals surface area contributed by atoms with Crippen LogP contribution in [0.2, 0.25) is 0 Å². The van der Waals surface area contributed by atoms with E-state index >= 15 is 0 Å². The van der Waals surface area contributed by atoms with E-state index in [0.717, 1.165) is 6.42 Å². The van der Waals surface area contributed by atoms with E-state index in [1.807, 2.05) is 18.4 Å². The predicted octanol–water partition coefficient (Wildman–Crippen LogP) is 3.86. The van der Waals surface area contributed by atoms with Crippen LogP contribution >= 0.6 is 27.3 Å². The van der Waals surface area contributed by atoms with Gasteiger partial charge in [0.05, 0.1) is 9.40 Å². The monoisotopic (exact) mass is 341 g/mol. The predicted molar refractivity (Wildman–Crippen MR) is 79.7 cm³/mol. The number of nitrogens with one attached hydrogen (secondary N) is 1. The smallest absolute Gasteiger partial charge is 0.311 e. The van der Waals surface area contributed by atoms with Crippen molar-refractivity contribution in [2.75, 3.05) is 5.32 Å². The molecule has 7 heteroatoms. The normalized spacial score (nSPS) is 12.1. The Balaban J connectivity index is 2.16. The lowest BCUT2D eigenvalue weighted by molar-refractivity contribution is -0.384. The Labute approximate surface area is 123 Å². The molecule has 100 valence electrons. The summed E-state index contributed by atoms with van der Waals surface area (Å²) < 4.78 is 0.597. The molecule has 0 aliphatic rings. The summed E-state index contributed by atoms with van der Waals surface area (Å²) in [5.41, 5.74) is 0.455. The van der Waals surface area contributed by atoms with E-state index < -0.39 is 4.92 Å². The van der Waals surface area contributed by atoms with Crippen LogP contribution in [0.1, 0.15) is 11.8 Å². The Bertz CT molecular complexity index is 574. The van der Waals surface area contributed by atoms with Gasteiger partial charge >= 0.3 is 5.69 Å². The van der Waals surface area contributed by atoms with Crippen LogP contribution in [0.4, 0.5) is 11.4 Å².